The van der Waals surface area contributed by atoms with Crippen LogP contribution in [0, 0.1) is 6.92 Å². The molecule has 8 nitrogen and oxygen atoms in total. The van der Waals surface area contributed by atoms with Crippen molar-refractivity contribution in [2.75, 3.05) is 11.9 Å². The molecule has 3 heterocycles. The maximum Gasteiger partial charge on any atom is 0.315 e. The number of pyridine rings is 2. The molecule has 30 heavy (non-hydrogen) atoms. The lowest BCUT2D eigenvalue weighted by atomic mass is 10.1. The van der Waals surface area contributed by atoms with Crippen molar-refractivity contribution in [2.45, 2.75) is 46.1 Å². The summed E-state index contributed by atoms with van der Waals surface area (Å²) in [5, 5.41) is 3.51. The molecule has 9 heteroatoms. The Morgan fingerprint density at radius 2 is 2.10 bits per heavy atom. The maximum atomic E-state index is 12.9. The van der Waals surface area contributed by atoms with Crippen molar-refractivity contribution in [1.29, 1.82) is 0 Å². The van der Waals surface area contributed by atoms with E-state index in [4.69, 9.17) is 4.74 Å². The van der Waals surface area contributed by atoms with E-state index in [2.05, 4.69) is 15.3 Å². The first-order valence-electron chi connectivity index (χ1n) is 9.91. The second-order valence-corrected chi connectivity index (χ2v) is 8.19. The van der Waals surface area contributed by atoms with E-state index in [9.17, 15) is 14.4 Å². The Labute approximate surface area is 176 Å². The van der Waals surface area contributed by atoms with Crippen LogP contribution in [0.5, 0.6) is 0 Å². The summed E-state index contributed by atoms with van der Waals surface area (Å²) in [5.74, 6) is -1.21. The fourth-order valence-corrected chi connectivity index (χ4v) is 4.71. The van der Waals surface area contributed by atoms with Gasteiger partial charge in [0.15, 0.2) is 5.13 Å². The lowest BCUT2D eigenvalue weighted by Crippen LogP contribution is -2.24. The lowest BCUT2D eigenvalue weighted by Gasteiger charge is -2.11. The Bertz CT molecular complexity index is 1210. The lowest BCUT2D eigenvalue weighted by molar-refractivity contribution is -0.145. The molecule has 1 unspecified atom stereocenters. The molecule has 1 N–H and O–H groups in total. The molecule has 0 spiro atoms. The molecule has 3 aromatic rings. The van der Waals surface area contributed by atoms with E-state index in [0.29, 0.717) is 41.4 Å². The van der Waals surface area contributed by atoms with Crippen molar-refractivity contribution >= 4 is 39.4 Å². The van der Waals surface area contributed by atoms with E-state index in [0.717, 1.165) is 17.0 Å². The second-order valence-electron chi connectivity index (χ2n) is 7.11. The minimum Gasteiger partial charge on any atom is -0.465 e. The number of carbonyl (C=O) groups is 2. The number of carbonyl (C=O) groups excluding carboxylic acids is 2. The largest absolute Gasteiger partial charge is 0.465 e. The second kappa shape index (κ2) is 7.98. The maximum absolute atomic E-state index is 12.9. The molecular weight excluding hydrogens is 404 g/mol. The van der Waals surface area contributed by atoms with Gasteiger partial charge in [-0.25, -0.2) is 9.97 Å². The molecule has 0 radical (unpaired) electrons. The standard InChI is InChI=1S/C21H22N4O4S/c1-4-25-10-14(17(26)13-7-6-11(3)22-18(13)25)19(27)24-21-23-16-12(20(28)29-5-2)8-9-15(16)30-21/h6-7,10,12H,4-5,8-9H2,1-3H3,(H,23,24,27). The molecule has 4 rings (SSSR count). The van der Waals surface area contributed by atoms with E-state index < -0.39 is 11.8 Å². The Kier molecular flexibility index (Phi) is 5.38. The molecule has 0 bridgehead atoms. The zero-order chi connectivity index (χ0) is 21.4. The van der Waals surface area contributed by atoms with Crippen LogP contribution in [0.4, 0.5) is 5.13 Å². The van der Waals surface area contributed by atoms with Crippen LogP contribution < -0.4 is 10.7 Å². The van der Waals surface area contributed by atoms with Gasteiger partial charge in [-0.2, -0.15) is 0 Å². The van der Waals surface area contributed by atoms with Crippen molar-refractivity contribution in [3.63, 3.8) is 0 Å². The minimum absolute atomic E-state index is 0.0345. The number of hydrogen-bond donors (Lipinski definition) is 1. The number of nitrogens with one attached hydrogen (secondary N) is 1. The van der Waals surface area contributed by atoms with E-state index >= 15 is 0 Å². The van der Waals surface area contributed by atoms with E-state index in [-0.39, 0.29) is 17.0 Å². The third-order valence-corrected chi connectivity index (χ3v) is 6.20. The summed E-state index contributed by atoms with van der Waals surface area (Å²) in [6.07, 6.45) is 2.92. The van der Waals surface area contributed by atoms with Crippen LogP contribution in [0.3, 0.4) is 0 Å². The van der Waals surface area contributed by atoms with Crippen LogP contribution in [-0.2, 0) is 22.5 Å². The molecule has 0 fully saturated rings. The summed E-state index contributed by atoms with van der Waals surface area (Å²) in [4.78, 5) is 47.8. The third kappa shape index (κ3) is 3.49. The fourth-order valence-electron chi connectivity index (χ4n) is 3.68. The minimum atomic E-state index is -0.523. The average Bonchev–Trinajstić information content (AvgIpc) is 3.28. The number of amides is 1. The van der Waals surface area contributed by atoms with Gasteiger partial charge in [-0.15, -0.1) is 11.3 Å². The summed E-state index contributed by atoms with van der Waals surface area (Å²) in [6, 6.07) is 3.46. The summed E-state index contributed by atoms with van der Waals surface area (Å²) in [5.41, 5.74) is 1.69. The van der Waals surface area contributed by atoms with Crippen molar-refractivity contribution in [3.05, 3.63) is 50.4 Å². The molecule has 1 aliphatic carbocycles. The zero-order valence-corrected chi connectivity index (χ0v) is 17.8. The van der Waals surface area contributed by atoms with E-state index in [1.807, 2.05) is 13.8 Å². The number of esters is 1. The Morgan fingerprint density at radius 1 is 1.30 bits per heavy atom. The van der Waals surface area contributed by atoms with Crippen molar-refractivity contribution in [3.8, 4) is 0 Å². The first kappa shape index (κ1) is 20.2. The Morgan fingerprint density at radius 3 is 2.83 bits per heavy atom. The smallest absolute Gasteiger partial charge is 0.315 e. The van der Waals surface area contributed by atoms with Gasteiger partial charge in [-0.1, -0.05) is 0 Å². The molecule has 0 aromatic carbocycles. The first-order chi connectivity index (χ1) is 14.4. The normalized spacial score (nSPS) is 15.2. The van der Waals surface area contributed by atoms with Crippen LogP contribution in [0.1, 0.15) is 52.8 Å². The predicted octanol–water partition coefficient (Wildman–Crippen LogP) is 3.03. The third-order valence-electron chi connectivity index (χ3n) is 5.16. The van der Waals surface area contributed by atoms with Gasteiger partial charge >= 0.3 is 5.97 Å². The average molecular weight is 426 g/mol. The number of hydrogen-bond acceptors (Lipinski definition) is 7. The van der Waals surface area contributed by atoms with Crippen LogP contribution in [0.2, 0.25) is 0 Å². The topological polar surface area (TPSA) is 103 Å². The van der Waals surface area contributed by atoms with Gasteiger partial charge < -0.3 is 9.30 Å². The van der Waals surface area contributed by atoms with Gasteiger partial charge in [0.05, 0.1) is 17.7 Å². The molecule has 1 atom stereocenters. The molecule has 0 saturated heterocycles. The number of fused-ring (bicyclic) bond motifs is 2. The molecule has 3 aromatic heterocycles. The molecular formula is C21H22N4O4S. The molecule has 0 saturated carbocycles. The molecule has 156 valence electrons. The Balaban J connectivity index is 1.64. The summed E-state index contributed by atoms with van der Waals surface area (Å²) in [6.45, 7) is 6.44. The zero-order valence-electron chi connectivity index (χ0n) is 17.0. The van der Waals surface area contributed by atoms with Gasteiger partial charge in [-0.05, 0) is 45.7 Å². The summed E-state index contributed by atoms with van der Waals surface area (Å²) < 4.78 is 6.91. The highest BCUT2D eigenvalue weighted by Crippen LogP contribution is 2.39. The number of nitrogens with zero attached hydrogens (tertiary/aromatic N) is 3. The number of aromatic nitrogens is 3. The van der Waals surface area contributed by atoms with E-state index in [1.165, 1.54) is 17.5 Å². The quantitative estimate of drug-likeness (QED) is 0.629. The van der Waals surface area contributed by atoms with Crippen LogP contribution in [0.15, 0.2) is 23.1 Å². The highest BCUT2D eigenvalue weighted by atomic mass is 32.1. The number of anilines is 1. The van der Waals surface area contributed by atoms with Gasteiger partial charge in [0, 0.05) is 23.3 Å². The van der Waals surface area contributed by atoms with Gasteiger partial charge in [0.25, 0.3) is 5.91 Å². The summed E-state index contributed by atoms with van der Waals surface area (Å²) >= 11 is 1.33. The molecule has 1 amide bonds. The van der Waals surface area contributed by atoms with Crippen molar-refractivity contribution < 1.29 is 14.3 Å². The monoisotopic (exact) mass is 426 g/mol. The van der Waals surface area contributed by atoms with Crippen LogP contribution in [-0.4, -0.2) is 33.0 Å². The summed E-state index contributed by atoms with van der Waals surface area (Å²) in [7, 11) is 0. The van der Waals surface area contributed by atoms with Crippen molar-refractivity contribution in [2.24, 2.45) is 0 Å². The first-order valence-corrected chi connectivity index (χ1v) is 10.7. The number of rotatable bonds is 5. The van der Waals surface area contributed by atoms with Gasteiger partial charge in [0.1, 0.15) is 17.1 Å². The number of ether oxygens (including phenoxy) is 1. The molecule has 0 aliphatic heterocycles. The highest BCUT2D eigenvalue weighted by molar-refractivity contribution is 7.16. The fraction of sp³-hybridized carbons (Fsp3) is 0.381. The van der Waals surface area contributed by atoms with E-state index in [1.54, 1.807) is 23.6 Å². The SMILES string of the molecule is CCOC(=O)C1CCc2sc(NC(=O)c3cn(CC)c4nc(C)ccc4c3=O)nc21. The number of thiazole rings is 1. The van der Waals surface area contributed by atoms with Crippen molar-refractivity contribution in [1.82, 2.24) is 14.5 Å². The highest BCUT2D eigenvalue weighted by Gasteiger charge is 2.34. The van der Waals surface area contributed by atoms with Crippen LogP contribution in [0.25, 0.3) is 11.0 Å². The van der Waals surface area contributed by atoms with Gasteiger partial charge in [0.2, 0.25) is 5.43 Å². The molecule has 1 aliphatic rings. The van der Waals surface area contributed by atoms with Gasteiger partial charge in [-0.3, -0.25) is 19.7 Å². The Hall–Kier alpha value is -3.07. The number of aryl methyl sites for hydroxylation is 3. The van der Waals surface area contributed by atoms with Crippen LogP contribution >= 0.6 is 11.3 Å². The predicted molar refractivity (Wildman–Crippen MR) is 114 cm³/mol.